The molecule has 0 spiro atoms. The van der Waals surface area contributed by atoms with Crippen molar-refractivity contribution in [2.45, 2.75) is 31.7 Å². The van der Waals surface area contributed by atoms with Crippen LogP contribution in [0.3, 0.4) is 0 Å². The van der Waals surface area contributed by atoms with Crippen LogP contribution in [0.2, 0.25) is 0 Å². The highest BCUT2D eigenvalue weighted by Crippen LogP contribution is 2.38. The van der Waals surface area contributed by atoms with Gasteiger partial charge in [-0.05, 0) is 37.5 Å². The van der Waals surface area contributed by atoms with Gasteiger partial charge in [0.25, 0.3) is 0 Å². The van der Waals surface area contributed by atoms with E-state index in [1.165, 1.54) is 12.8 Å². The molecule has 1 aliphatic heterocycles. The highest BCUT2D eigenvalue weighted by atomic mass is 16.2. The fourth-order valence-corrected chi connectivity index (χ4v) is 2.34. The summed E-state index contributed by atoms with van der Waals surface area (Å²) in [6.45, 7) is 1.02. The number of piperazine rings is 1. The maximum Gasteiger partial charge on any atom is 0.243 e. The minimum atomic E-state index is -0.146. The molecule has 4 heteroatoms. The van der Waals surface area contributed by atoms with Gasteiger partial charge in [-0.1, -0.05) is 0 Å². The summed E-state index contributed by atoms with van der Waals surface area (Å²) in [5.74, 6) is 1.28. The summed E-state index contributed by atoms with van der Waals surface area (Å²) in [6, 6.07) is -0.146. The summed E-state index contributed by atoms with van der Waals surface area (Å²) in [5.41, 5.74) is 0. The molecule has 2 aliphatic carbocycles. The van der Waals surface area contributed by atoms with E-state index in [4.69, 9.17) is 0 Å². The second-order valence-corrected chi connectivity index (χ2v) is 4.99. The Morgan fingerprint density at radius 3 is 2.53 bits per heavy atom. The van der Waals surface area contributed by atoms with Crippen molar-refractivity contribution in [2.24, 2.45) is 11.8 Å². The summed E-state index contributed by atoms with van der Waals surface area (Å²) in [6.07, 6.45) is 4.66. The van der Waals surface area contributed by atoms with Gasteiger partial charge in [0.05, 0.1) is 6.54 Å². The van der Waals surface area contributed by atoms with E-state index in [1.54, 1.807) is 0 Å². The van der Waals surface area contributed by atoms with E-state index in [-0.39, 0.29) is 24.4 Å². The first-order valence-corrected chi connectivity index (χ1v) is 5.83. The van der Waals surface area contributed by atoms with Gasteiger partial charge in [-0.3, -0.25) is 9.59 Å². The zero-order valence-corrected chi connectivity index (χ0v) is 8.74. The van der Waals surface area contributed by atoms with Gasteiger partial charge < -0.3 is 10.2 Å². The molecule has 2 amide bonds. The number of hydrogen-bond acceptors (Lipinski definition) is 2. The van der Waals surface area contributed by atoms with Crippen LogP contribution in [0, 0.1) is 11.8 Å². The van der Waals surface area contributed by atoms with E-state index >= 15 is 0 Å². The predicted octanol–water partition coefficient (Wildman–Crippen LogP) is 0.133. The second-order valence-electron chi connectivity index (χ2n) is 4.99. The largest absolute Gasteiger partial charge is 0.345 e. The SMILES string of the molecule is O=C1NCC(=O)N(CC2CC2)C1C1CC1. The average Bonchev–Trinajstić information content (AvgIpc) is 3.03. The number of nitrogens with one attached hydrogen (secondary N) is 1. The molecule has 1 unspecified atom stereocenters. The molecule has 3 fully saturated rings. The summed E-state index contributed by atoms with van der Waals surface area (Å²) in [4.78, 5) is 25.3. The maximum atomic E-state index is 11.8. The molecule has 3 aliphatic rings. The van der Waals surface area contributed by atoms with Gasteiger partial charge in [0, 0.05) is 6.54 Å². The van der Waals surface area contributed by atoms with Crippen LogP contribution in [0.4, 0.5) is 0 Å². The van der Waals surface area contributed by atoms with Crippen molar-refractivity contribution < 1.29 is 9.59 Å². The van der Waals surface area contributed by atoms with Crippen molar-refractivity contribution in [3.8, 4) is 0 Å². The number of hydrogen-bond donors (Lipinski definition) is 1. The summed E-state index contributed by atoms with van der Waals surface area (Å²) >= 11 is 0. The van der Waals surface area contributed by atoms with Gasteiger partial charge in [0.2, 0.25) is 11.8 Å². The second kappa shape index (κ2) is 3.22. The minimum Gasteiger partial charge on any atom is -0.345 e. The minimum absolute atomic E-state index is 0.0674. The highest BCUT2D eigenvalue weighted by Gasteiger charge is 2.45. The van der Waals surface area contributed by atoms with E-state index in [2.05, 4.69) is 5.32 Å². The lowest BCUT2D eigenvalue weighted by Gasteiger charge is -2.35. The van der Waals surface area contributed by atoms with E-state index in [0.717, 1.165) is 19.4 Å². The molecule has 0 radical (unpaired) electrons. The van der Waals surface area contributed by atoms with Crippen molar-refractivity contribution in [1.29, 1.82) is 0 Å². The Morgan fingerprint density at radius 2 is 1.93 bits per heavy atom. The molecular weight excluding hydrogens is 192 g/mol. The Balaban J connectivity index is 1.76. The zero-order chi connectivity index (χ0) is 10.4. The van der Waals surface area contributed by atoms with Crippen LogP contribution in [-0.2, 0) is 9.59 Å². The molecule has 1 heterocycles. The van der Waals surface area contributed by atoms with Gasteiger partial charge in [0.15, 0.2) is 0 Å². The van der Waals surface area contributed by atoms with Crippen LogP contribution in [0.25, 0.3) is 0 Å². The molecule has 15 heavy (non-hydrogen) atoms. The molecule has 0 bridgehead atoms. The fraction of sp³-hybridized carbons (Fsp3) is 0.818. The summed E-state index contributed by atoms with van der Waals surface area (Å²) in [5, 5.41) is 2.70. The Hall–Kier alpha value is -1.06. The molecule has 1 N–H and O–H groups in total. The van der Waals surface area contributed by atoms with E-state index in [0.29, 0.717) is 11.8 Å². The topological polar surface area (TPSA) is 49.4 Å². The van der Waals surface area contributed by atoms with Crippen LogP contribution in [0.5, 0.6) is 0 Å². The van der Waals surface area contributed by atoms with Crippen LogP contribution >= 0.6 is 0 Å². The standard InChI is InChI=1S/C11H16N2O2/c14-9-5-12-11(15)10(8-3-4-8)13(9)6-7-1-2-7/h7-8,10H,1-6H2,(H,12,15). The molecule has 2 saturated carbocycles. The number of amides is 2. The molecular formula is C11H16N2O2. The lowest BCUT2D eigenvalue weighted by Crippen LogP contribution is -2.59. The maximum absolute atomic E-state index is 11.8. The number of nitrogens with zero attached hydrogens (tertiary/aromatic N) is 1. The van der Waals surface area contributed by atoms with Crippen molar-refractivity contribution in [1.82, 2.24) is 10.2 Å². The first-order chi connectivity index (χ1) is 7.25. The normalized spacial score (nSPS) is 31.7. The van der Waals surface area contributed by atoms with Crippen molar-refractivity contribution in [3.05, 3.63) is 0 Å². The monoisotopic (exact) mass is 208 g/mol. The summed E-state index contributed by atoms with van der Waals surface area (Å²) in [7, 11) is 0. The number of carbonyl (C=O) groups excluding carboxylic acids is 2. The number of carbonyl (C=O) groups is 2. The van der Waals surface area contributed by atoms with Crippen molar-refractivity contribution in [2.75, 3.05) is 13.1 Å². The van der Waals surface area contributed by atoms with E-state index < -0.39 is 0 Å². The molecule has 82 valence electrons. The van der Waals surface area contributed by atoms with Gasteiger partial charge in [0.1, 0.15) is 6.04 Å². The molecule has 3 rings (SSSR count). The molecule has 0 aromatic rings. The van der Waals surface area contributed by atoms with E-state index in [9.17, 15) is 9.59 Å². The van der Waals surface area contributed by atoms with Crippen molar-refractivity contribution >= 4 is 11.8 Å². The lowest BCUT2D eigenvalue weighted by molar-refractivity contribution is -0.146. The van der Waals surface area contributed by atoms with Gasteiger partial charge in [-0.2, -0.15) is 0 Å². The van der Waals surface area contributed by atoms with Gasteiger partial charge in [-0.25, -0.2) is 0 Å². The third-order valence-corrected chi connectivity index (χ3v) is 3.56. The van der Waals surface area contributed by atoms with Gasteiger partial charge >= 0.3 is 0 Å². The summed E-state index contributed by atoms with van der Waals surface area (Å²) < 4.78 is 0. The Bertz CT molecular complexity index is 308. The quantitative estimate of drug-likeness (QED) is 0.717. The van der Waals surface area contributed by atoms with Crippen LogP contribution in [0.1, 0.15) is 25.7 Å². The van der Waals surface area contributed by atoms with Crippen LogP contribution in [0.15, 0.2) is 0 Å². The highest BCUT2D eigenvalue weighted by molar-refractivity contribution is 5.95. The van der Waals surface area contributed by atoms with Gasteiger partial charge in [-0.15, -0.1) is 0 Å². The Kier molecular flexibility index (Phi) is 1.97. The smallest absolute Gasteiger partial charge is 0.243 e. The number of rotatable bonds is 3. The van der Waals surface area contributed by atoms with E-state index in [1.807, 2.05) is 4.90 Å². The molecule has 0 aromatic carbocycles. The molecule has 1 atom stereocenters. The first-order valence-electron chi connectivity index (χ1n) is 5.83. The molecule has 0 aromatic heterocycles. The average molecular weight is 208 g/mol. The third kappa shape index (κ3) is 1.73. The van der Waals surface area contributed by atoms with Crippen LogP contribution in [-0.4, -0.2) is 35.8 Å². The first kappa shape index (κ1) is 9.19. The van der Waals surface area contributed by atoms with Crippen LogP contribution < -0.4 is 5.32 Å². The Morgan fingerprint density at radius 1 is 1.20 bits per heavy atom. The predicted molar refractivity (Wildman–Crippen MR) is 54.0 cm³/mol. The molecule has 1 saturated heterocycles. The fourth-order valence-electron chi connectivity index (χ4n) is 2.34. The lowest BCUT2D eigenvalue weighted by atomic mass is 10.1. The Labute approximate surface area is 89.0 Å². The van der Waals surface area contributed by atoms with Crippen molar-refractivity contribution in [3.63, 3.8) is 0 Å². The molecule has 4 nitrogen and oxygen atoms in total. The zero-order valence-electron chi connectivity index (χ0n) is 8.74. The third-order valence-electron chi connectivity index (χ3n) is 3.56.